The second-order valence-corrected chi connectivity index (χ2v) is 5.50. The number of aromatic hydroxyl groups is 1. The molecule has 2 aromatic rings. The molecule has 0 radical (unpaired) electrons. The summed E-state index contributed by atoms with van der Waals surface area (Å²) in [6.45, 7) is 6.74. The van der Waals surface area contributed by atoms with E-state index in [9.17, 15) is 5.11 Å². The van der Waals surface area contributed by atoms with Crippen LogP contribution in [0.3, 0.4) is 0 Å². The lowest BCUT2D eigenvalue weighted by atomic mass is 9.95. The fourth-order valence-electron chi connectivity index (χ4n) is 2.63. The van der Waals surface area contributed by atoms with Crippen molar-refractivity contribution in [2.75, 3.05) is 20.5 Å². The second-order valence-electron chi connectivity index (χ2n) is 5.50. The predicted molar refractivity (Wildman–Crippen MR) is 90.5 cm³/mol. The fraction of sp³-hybridized carbons (Fsp3) is 0.368. The molecule has 0 spiro atoms. The Labute approximate surface area is 137 Å². The van der Waals surface area contributed by atoms with Crippen molar-refractivity contribution in [2.45, 2.75) is 27.2 Å². The summed E-state index contributed by atoms with van der Waals surface area (Å²) in [6.07, 6.45) is 0.780. The van der Waals surface area contributed by atoms with Crippen LogP contribution in [0.25, 0.3) is 0 Å². The largest absolute Gasteiger partial charge is 0.508 e. The molecular formula is C19H24O4. The zero-order valence-corrected chi connectivity index (χ0v) is 14.2. The molecule has 124 valence electrons. The number of rotatable bonds is 7. The minimum absolute atomic E-state index is 0.190. The standard InChI is InChI=1S/C19H24O4/c1-5-22-19-11-15(6-7-18(19)23-12-21-4)10-17-13(2)8-16(20)9-14(17)3/h6-9,11,20H,5,10,12H2,1-4H3. The van der Waals surface area contributed by atoms with Gasteiger partial charge in [0.2, 0.25) is 0 Å². The Morgan fingerprint density at radius 2 is 1.65 bits per heavy atom. The van der Waals surface area contributed by atoms with Crippen LogP contribution in [0.5, 0.6) is 17.2 Å². The van der Waals surface area contributed by atoms with Crippen LogP contribution >= 0.6 is 0 Å². The van der Waals surface area contributed by atoms with Gasteiger partial charge in [-0.2, -0.15) is 0 Å². The van der Waals surface area contributed by atoms with E-state index in [1.54, 1.807) is 19.2 Å². The first-order valence-corrected chi connectivity index (χ1v) is 7.71. The zero-order chi connectivity index (χ0) is 16.8. The first kappa shape index (κ1) is 17.2. The van der Waals surface area contributed by atoms with Crippen molar-refractivity contribution in [3.63, 3.8) is 0 Å². The van der Waals surface area contributed by atoms with Gasteiger partial charge < -0.3 is 19.3 Å². The lowest BCUT2D eigenvalue weighted by Crippen LogP contribution is -2.03. The van der Waals surface area contributed by atoms with Crippen molar-refractivity contribution in [1.82, 2.24) is 0 Å². The normalized spacial score (nSPS) is 10.6. The summed E-state index contributed by atoms with van der Waals surface area (Å²) in [7, 11) is 1.59. The van der Waals surface area contributed by atoms with Crippen LogP contribution in [0, 0.1) is 13.8 Å². The van der Waals surface area contributed by atoms with Gasteiger partial charge in [0.05, 0.1) is 6.61 Å². The Balaban J connectivity index is 2.28. The number of methoxy groups -OCH3 is 1. The molecule has 23 heavy (non-hydrogen) atoms. The molecule has 0 atom stereocenters. The minimum atomic E-state index is 0.190. The molecule has 0 bridgehead atoms. The van der Waals surface area contributed by atoms with Crippen molar-refractivity contribution in [3.05, 3.63) is 52.6 Å². The molecule has 0 aliphatic carbocycles. The smallest absolute Gasteiger partial charge is 0.188 e. The molecule has 0 saturated heterocycles. The number of hydrogen-bond acceptors (Lipinski definition) is 4. The summed E-state index contributed by atoms with van der Waals surface area (Å²) in [5.74, 6) is 1.70. The average Bonchev–Trinajstić information content (AvgIpc) is 2.50. The quantitative estimate of drug-likeness (QED) is 0.785. The van der Waals surface area contributed by atoms with Crippen LogP contribution in [0.15, 0.2) is 30.3 Å². The van der Waals surface area contributed by atoms with Gasteiger partial charge in [-0.1, -0.05) is 6.07 Å². The molecule has 2 aromatic carbocycles. The molecule has 2 rings (SSSR count). The van der Waals surface area contributed by atoms with Gasteiger partial charge in [-0.15, -0.1) is 0 Å². The zero-order valence-electron chi connectivity index (χ0n) is 14.2. The lowest BCUT2D eigenvalue weighted by molar-refractivity contribution is 0.0487. The maximum atomic E-state index is 9.67. The van der Waals surface area contributed by atoms with E-state index in [4.69, 9.17) is 14.2 Å². The lowest BCUT2D eigenvalue weighted by Gasteiger charge is -2.15. The minimum Gasteiger partial charge on any atom is -0.508 e. The maximum absolute atomic E-state index is 9.67. The van der Waals surface area contributed by atoms with Crippen molar-refractivity contribution in [2.24, 2.45) is 0 Å². The molecule has 4 heteroatoms. The van der Waals surface area contributed by atoms with Crippen molar-refractivity contribution in [3.8, 4) is 17.2 Å². The molecule has 0 aliphatic rings. The van der Waals surface area contributed by atoms with Crippen LogP contribution in [-0.4, -0.2) is 25.6 Å². The summed E-state index contributed by atoms with van der Waals surface area (Å²) >= 11 is 0. The number of aryl methyl sites for hydroxylation is 2. The highest BCUT2D eigenvalue weighted by atomic mass is 16.7. The van der Waals surface area contributed by atoms with Gasteiger partial charge in [-0.05, 0) is 73.7 Å². The average molecular weight is 316 g/mol. The Morgan fingerprint density at radius 3 is 2.26 bits per heavy atom. The highest BCUT2D eigenvalue weighted by Crippen LogP contribution is 2.31. The molecule has 1 N–H and O–H groups in total. The molecule has 0 amide bonds. The van der Waals surface area contributed by atoms with Crippen LogP contribution in [0.4, 0.5) is 0 Å². The van der Waals surface area contributed by atoms with E-state index in [0.29, 0.717) is 18.1 Å². The van der Waals surface area contributed by atoms with Crippen molar-refractivity contribution < 1.29 is 19.3 Å². The van der Waals surface area contributed by atoms with Gasteiger partial charge >= 0.3 is 0 Å². The Morgan fingerprint density at radius 1 is 0.957 bits per heavy atom. The molecule has 0 saturated carbocycles. The number of ether oxygens (including phenoxy) is 3. The summed E-state index contributed by atoms with van der Waals surface area (Å²) < 4.78 is 16.1. The van der Waals surface area contributed by atoms with Crippen molar-refractivity contribution >= 4 is 0 Å². The van der Waals surface area contributed by atoms with E-state index >= 15 is 0 Å². The molecule has 0 fully saturated rings. The van der Waals surface area contributed by atoms with E-state index in [1.165, 1.54) is 5.56 Å². The molecule has 0 aliphatic heterocycles. The first-order valence-electron chi connectivity index (χ1n) is 7.71. The third kappa shape index (κ3) is 4.39. The SMILES string of the molecule is CCOc1cc(Cc2c(C)cc(O)cc2C)ccc1OCOC. The Hall–Kier alpha value is -2.20. The predicted octanol–water partition coefficient (Wildman–Crippen LogP) is 3.98. The van der Waals surface area contributed by atoms with Gasteiger partial charge in [0.25, 0.3) is 0 Å². The number of hydrogen-bond donors (Lipinski definition) is 1. The first-order chi connectivity index (χ1) is 11.0. The van der Waals surface area contributed by atoms with Crippen LogP contribution in [-0.2, 0) is 11.2 Å². The van der Waals surface area contributed by atoms with E-state index in [0.717, 1.165) is 28.9 Å². The fourth-order valence-corrected chi connectivity index (χ4v) is 2.63. The third-order valence-electron chi connectivity index (χ3n) is 3.70. The van der Waals surface area contributed by atoms with E-state index in [1.807, 2.05) is 39.0 Å². The number of benzene rings is 2. The van der Waals surface area contributed by atoms with Gasteiger partial charge in [0.1, 0.15) is 5.75 Å². The summed E-state index contributed by atoms with van der Waals surface area (Å²) in [4.78, 5) is 0. The van der Waals surface area contributed by atoms with Crippen LogP contribution < -0.4 is 9.47 Å². The van der Waals surface area contributed by atoms with E-state index in [2.05, 4.69) is 0 Å². The second kappa shape index (κ2) is 7.88. The Bertz CT molecular complexity index is 641. The topological polar surface area (TPSA) is 47.9 Å². The number of phenolic OH excluding ortho intramolecular Hbond substituents is 1. The van der Waals surface area contributed by atoms with Crippen molar-refractivity contribution in [1.29, 1.82) is 0 Å². The third-order valence-corrected chi connectivity index (χ3v) is 3.70. The van der Waals surface area contributed by atoms with E-state index in [-0.39, 0.29) is 6.79 Å². The number of phenols is 1. The molecule has 0 unspecified atom stereocenters. The molecule has 0 aromatic heterocycles. The van der Waals surface area contributed by atoms with E-state index < -0.39 is 0 Å². The van der Waals surface area contributed by atoms with Crippen LogP contribution in [0.1, 0.15) is 29.2 Å². The maximum Gasteiger partial charge on any atom is 0.188 e. The summed E-state index contributed by atoms with van der Waals surface area (Å²) in [5.41, 5.74) is 4.52. The molecular weight excluding hydrogens is 292 g/mol. The van der Waals surface area contributed by atoms with Gasteiger partial charge in [-0.3, -0.25) is 0 Å². The highest BCUT2D eigenvalue weighted by molar-refractivity contribution is 5.47. The summed E-state index contributed by atoms with van der Waals surface area (Å²) in [5, 5.41) is 9.67. The van der Waals surface area contributed by atoms with Gasteiger partial charge in [0, 0.05) is 7.11 Å². The highest BCUT2D eigenvalue weighted by Gasteiger charge is 2.10. The summed E-state index contributed by atoms with van der Waals surface area (Å²) in [6, 6.07) is 9.52. The van der Waals surface area contributed by atoms with Gasteiger partial charge in [0.15, 0.2) is 18.3 Å². The Kier molecular flexibility index (Phi) is 5.88. The molecule has 4 nitrogen and oxygen atoms in total. The molecule has 0 heterocycles. The monoisotopic (exact) mass is 316 g/mol. The van der Waals surface area contributed by atoms with Crippen LogP contribution in [0.2, 0.25) is 0 Å². The van der Waals surface area contributed by atoms with Gasteiger partial charge in [-0.25, -0.2) is 0 Å².